The number of likely N-dealkylation sites (N-methyl/N-ethyl adjacent to an activating group) is 1. The zero-order chi connectivity index (χ0) is 33.4. The topological polar surface area (TPSA) is 116 Å². The number of hydrogen-bond donors (Lipinski definition) is 0. The third-order valence-electron chi connectivity index (χ3n) is 6.34. The molecule has 2 aromatic carbocycles. The van der Waals surface area contributed by atoms with Gasteiger partial charge in [-0.3, -0.25) is 4.79 Å². The number of amides is 1. The van der Waals surface area contributed by atoms with Gasteiger partial charge in [0.15, 0.2) is 0 Å². The molecule has 3 heterocycles. The Bertz CT molecular complexity index is 1550. The van der Waals surface area contributed by atoms with E-state index in [0.717, 1.165) is 42.0 Å². The van der Waals surface area contributed by atoms with Gasteiger partial charge in [-0.25, -0.2) is 9.97 Å². The minimum Gasteiger partial charge on any atom is -0.439 e. The number of ether oxygens (including phenoxy) is 1. The number of pyridine rings is 2. The molecule has 5 rings (SSSR count). The van der Waals surface area contributed by atoms with Gasteiger partial charge in [-0.05, 0) is 74.1 Å². The number of halogens is 3. The summed E-state index contributed by atoms with van der Waals surface area (Å²) < 4.78 is 43.4. The highest BCUT2D eigenvalue weighted by Crippen LogP contribution is 2.30. The largest absolute Gasteiger partial charge is 0.439 e. The first-order valence-corrected chi connectivity index (χ1v) is 13.4. The van der Waals surface area contributed by atoms with Crippen LogP contribution in [0.3, 0.4) is 0 Å². The average molecular weight is 620 g/mol. The van der Waals surface area contributed by atoms with Gasteiger partial charge in [-0.15, -0.1) is 0 Å². The SMILES string of the molecule is C=O.C=O.CN1CCN(C(=O)c2cccc(-c3ccc(Oc4ccc(C(F)(F)F)cn4)cc3)n2)CC1.Cc1cccc(C#N)c1. The predicted octanol–water partition coefficient (Wildman–Crippen LogP) is 5.84. The fourth-order valence-electron chi connectivity index (χ4n) is 4.02. The van der Waals surface area contributed by atoms with Gasteiger partial charge in [-0.1, -0.05) is 18.2 Å². The Morgan fingerprint density at radius 2 is 1.56 bits per heavy atom. The van der Waals surface area contributed by atoms with Crippen molar-refractivity contribution in [1.82, 2.24) is 19.8 Å². The molecule has 12 heteroatoms. The van der Waals surface area contributed by atoms with Crippen LogP contribution < -0.4 is 4.74 Å². The highest BCUT2D eigenvalue weighted by atomic mass is 19.4. The second-order valence-corrected chi connectivity index (χ2v) is 9.49. The quantitative estimate of drug-likeness (QED) is 0.280. The van der Waals surface area contributed by atoms with Gasteiger partial charge in [0.2, 0.25) is 5.88 Å². The van der Waals surface area contributed by atoms with Crippen molar-refractivity contribution in [2.45, 2.75) is 13.1 Å². The molecule has 4 aromatic rings. The molecule has 1 amide bonds. The lowest BCUT2D eigenvalue weighted by atomic mass is 10.1. The number of benzene rings is 2. The molecular formula is C33H32F3N5O4. The Morgan fingerprint density at radius 1 is 0.911 bits per heavy atom. The van der Waals surface area contributed by atoms with E-state index in [1.54, 1.807) is 47.4 Å². The van der Waals surface area contributed by atoms with Gasteiger partial charge in [0.05, 0.1) is 22.9 Å². The predicted molar refractivity (Wildman–Crippen MR) is 163 cm³/mol. The number of aromatic nitrogens is 2. The smallest absolute Gasteiger partial charge is 0.417 e. The first-order valence-electron chi connectivity index (χ1n) is 13.4. The van der Waals surface area contributed by atoms with Gasteiger partial charge < -0.3 is 24.1 Å². The number of rotatable bonds is 4. The van der Waals surface area contributed by atoms with E-state index in [1.807, 2.05) is 51.8 Å². The van der Waals surface area contributed by atoms with E-state index in [2.05, 4.69) is 20.9 Å². The van der Waals surface area contributed by atoms with Crippen LogP contribution in [0.2, 0.25) is 0 Å². The fourth-order valence-corrected chi connectivity index (χ4v) is 4.02. The molecule has 1 aliphatic heterocycles. The summed E-state index contributed by atoms with van der Waals surface area (Å²) in [5.74, 6) is 0.391. The molecule has 1 fully saturated rings. The van der Waals surface area contributed by atoms with Crippen LogP contribution in [0.5, 0.6) is 11.6 Å². The second-order valence-electron chi connectivity index (χ2n) is 9.49. The maximum absolute atomic E-state index is 12.8. The summed E-state index contributed by atoms with van der Waals surface area (Å²) in [6.07, 6.45) is -3.71. The highest BCUT2D eigenvalue weighted by molar-refractivity contribution is 5.93. The normalized spacial score (nSPS) is 12.5. The lowest BCUT2D eigenvalue weighted by molar-refractivity contribution is -0.137. The maximum atomic E-state index is 12.8. The van der Waals surface area contributed by atoms with E-state index < -0.39 is 11.7 Å². The van der Waals surface area contributed by atoms with Gasteiger partial charge in [-0.2, -0.15) is 18.4 Å². The second kappa shape index (κ2) is 17.6. The van der Waals surface area contributed by atoms with Crippen LogP contribution in [-0.4, -0.2) is 72.5 Å². The minimum atomic E-state index is -4.44. The van der Waals surface area contributed by atoms with Crippen molar-refractivity contribution >= 4 is 19.5 Å². The van der Waals surface area contributed by atoms with Crippen molar-refractivity contribution < 1.29 is 32.3 Å². The van der Waals surface area contributed by atoms with Gasteiger partial charge in [0, 0.05) is 44.0 Å². The van der Waals surface area contributed by atoms with Crippen LogP contribution in [0.4, 0.5) is 13.2 Å². The monoisotopic (exact) mass is 619 g/mol. The average Bonchev–Trinajstić information content (AvgIpc) is 3.07. The number of nitrogens with zero attached hydrogens (tertiary/aromatic N) is 5. The Balaban J connectivity index is 0.000000458. The summed E-state index contributed by atoms with van der Waals surface area (Å²) in [6, 6.07) is 23.9. The molecule has 234 valence electrons. The molecule has 0 spiro atoms. The minimum absolute atomic E-state index is 0.0589. The lowest BCUT2D eigenvalue weighted by Crippen LogP contribution is -2.47. The van der Waals surface area contributed by atoms with Crippen molar-refractivity contribution in [2.75, 3.05) is 33.2 Å². The number of hydrogen-bond acceptors (Lipinski definition) is 8. The zero-order valence-corrected chi connectivity index (χ0v) is 24.8. The number of piperazine rings is 1. The summed E-state index contributed by atoms with van der Waals surface area (Å²) in [7, 11) is 2.03. The number of carbonyl (C=O) groups excluding carboxylic acids is 3. The fraction of sp³-hybridized carbons (Fsp3) is 0.212. The molecule has 0 saturated carbocycles. The summed E-state index contributed by atoms with van der Waals surface area (Å²) in [5.41, 5.74) is 2.84. The van der Waals surface area contributed by atoms with E-state index in [4.69, 9.17) is 19.6 Å². The van der Waals surface area contributed by atoms with Crippen LogP contribution in [0, 0.1) is 18.3 Å². The third-order valence-corrected chi connectivity index (χ3v) is 6.34. The maximum Gasteiger partial charge on any atom is 0.417 e. The zero-order valence-electron chi connectivity index (χ0n) is 24.8. The first-order chi connectivity index (χ1) is 21.6. The third kappa shape index (κ3) is 11.0. The molecule has 9 nitrogen and oxygen atoms in total. The number of carbonyl (C=O) groups is 3. The van der Waals surface area contributed by atoms with Crippen molar-refractivity contribution in [3.63, 3.8) is 0 Å². The van der Waals surface area contributed by atoms with Crippen LogP contribution in [0.1, 0.15) is 27.2 Å². The molecule has 0 unspecified atom stereocenters. The van der Waals surface area contributed by atoms with Crippen molar-refractivity contribution in [1.29, 1.82) is 5.26 Å². The standard InChI is InChI=1S/C23H21F3N4O2.C8H7N.2CH2O/c1-29-11-13-30(14-12-29)22(31)20-4-2-3-19(28-20)16-5-8-18(9-6-16)32-21-10-7-17(15-27-21)23(24,25)26;1-7-3-2-4-8(5-7)6-9;2*1-2/h2-10,15H,11-14H2,1H3;2-5H,1H3;2*1H2. The van der Waals surface area contributed by atoms with Crippen molar-refractivity contribution in [3.8, 4) is 29.0 Å². The van der Waals surface area contributed by atoms with Crippen LogP contribution >= 0.6 is 0 Å². The number of nitriles is 1. The Hall–Kier alpha value is -5.41. The highest BCUT2D eigenvalue weighted by Gasteiger charge is 2.30. The first kappa shape index (κ1) is 35.8. The van der Waals surface area contributed by atoms with Crippen LogP contribution in [-0.2, 0) is 15.8 Å². The summed E-state index contributed by atoms with van der Waals surface area (Å²) in [4.78, 5) is 41.0. The van der Waals surface area contributed by atoms with Crippen molar-refractivity contribution in [3.05, 3.63) is 107 Å². The number of alkyl halides is 3. The Kier molecular flexibility index (Phi) is 14.0. The summed E-state index contributed by atoms with van der Waals surface area (Å²) in [6.45, 7) is 8.98. The van der Waals surface area contributed by atoms with E-state index in [-0.39, 0.29) is 11.8 Å². The summed E-state index contributed by atoms with van der Waals surface area (Å²) >= 11 is 0. The number of aryl methyl sites for hydroxylation is 1. The molecule has 0 N–H and O–H groups in total. The van der Waals surface area contributed by atoms with Gasteiger partial charge in [0.25, 0.3) is 5.91 Å². The molecule has 1 saturated heterocycles. The van der Waals surface area contributed by atoms with Gasteiger partial charge in [0.1, 0.15) is 25.0 Å². The van der Waals surface area contributed by atoms with Crippen molar-refractivity contribution in [2.24, 2.45) is 0 Å². The molecule has 0 atom stereocenters. The summed E-state index contributed by atoms with van der Waals surface area (Å²) in [5, 5.41) is 8.41. The Labute approximate surface area is 259 Å². The van der Waals surface area contributed by atoms with Crippen LogP contribution in [0.25, 0.3) is 11.3 Å². The van der Waals surface area contributed by atoms with E-state index in [1.165, 1.54) is 6.07 Å². The van der Waals surface area contributed by atoms with E-state index in [0.29, 0.717) is 30.2 Å². The lowest BCUT2D eigenvalue weighted by Gasteiger charge is -2.32. The molecular weight excluding hydrogens is 587 g/mol. The molecule has 0 radical (unpaired) electrons. The molecule has 2 aromatic heterocycles. The van der Waals surface area contributed by atoms with E-state index >= 15 is 0 Å². The molecule has 1 aliphatic rings. The van der Waals surface area contributed by atoms with Crippen LogP contribution in [0.15, 0.2) is 85.1 Å². The van der Waals surface area contributed by atoms with Gasteiger partial charge >= 0.3 is 6.18 Å². The molecule has 45 heavy (non-hydrogen) atoms. The molecule has 0 bridgehead atoms. The molecule has 0 aliphatic carbocycles. The Morgan fingerprint density at radius 3 is 2.09 bits per heavy atom. The van der Waals surface area contributed by atoms with E-state index in [9.17, 15) is 18.0 Å².